The first-order chi connectivity index (χ1) is 20.0. The molecular weight excluding hydrogens is 624 g/mol. The number of methoxy groups -OCH3 is 1. The lowest BCUT2D eigenvalue weighted by molar-refractivity contribution is 0.0955. The Labute approximate surface area is 255 Å². The van der Waals surface area contributed by atoms with E-state index < -0.39 is 0 Å². The van der Waals surface area contributed by atoms with Gasteiger partial charge in [-0.15, -0.1) is 11.3 Å². The van der Waals surface area contributed by atoms with Crippen molar-refractivity contribution in [3.8, 4) is 22.8 Å². The van der Waals surface area contributed by atoms with Gasteiger partial charge in [-0.1, -0.05) is 54.1 Å². The number of ether oxygens (including phenoxy) is 2. The monoisotopic (exact) mass is 646 g/mol. The minimum absolute atomic E-state index is 0.327. The van der Waals surface area contributed by atoms with E-state index in [0.29, 0.717) is 38.7 Å². The third kappa shape index (κ3) is 7.52. The van der Waals surface area contributed by atoms with Crippen LogP contribution in [0.1, 0.15) is 21.5 Å². The zero-order chi connectivity index (χ0) is 28.6. The summed E-state index contributed by atoms with van der Waals surface area (Å²) in [6, 6.07) is 28.1. The van der Waals surface area contributed by atoms with Crippen LogP contribution < -0.4 is 20.2 Å². The van der Waals surface area contributed by atoms with Gasteiger partial charge in [0.05, 0.1) is 23.5 Å². The fourth-order valence-corrected chi connectivity index (χ4v) is 5.26. The number of nitrogens with one attached hydrogen (secondary N) is 2. The lowest BCUT2D eigenvalue weighted by Crippen LogP contribution is -2.17. The van der Waals surface area contributed by atoms with E-state index in [-0.39, 0.29) is 5.91 Å². The summed E-state index contributed by atoms with van der Waals surface area (Å²) in [5, 5.41) is 10.9. The van der Waals surface area contributed by atoms with Crippen LogP contribution in [0, 0.1) is 0 Å². The van der Waals surface area contributed by atoms with Crippen molar-refractivity contribution in [3.63, 3.8) is 0 Å². The Morgan fingerprint density at radius 1 is 1.05 bits per heavy atom. The molecular formula is C31H24BrClN4O3S. The van der Waals surface area contributed by atoms with Gasteiger partial charge in [0.15, 0.2) is 16.6 Å². The predicted octanol–water partition coefficient (Wildman–Crippen LogP) is 8.32. The molecule has 0 bridgehead atoms. The van der Waals surface area contributed by atoms with E-state index in [2.05, 4.69) is 36.8 Å². The Balaban J connectivity index is 1.18. The molecule has 0 saturated heterocycles. The Morgan fingerprint density at radius 2 is 1.80 bits per heavy atom. The number of amides is 1. The molecule has 10 heteroatoms. The fourth-order valence-electron chi connectivity index (χ4n) is 3.82. The minimum Gasteiger partial charge on any atom is -0.493 e. The van der Waals surface area contributed by atoms with Gasteiger partial charge in [-0.05, 0) is 75.6 Å². The van der Waals surface area contributed by atoms with Crippen LogP contribution in [0.5, 0.6) is 11.5 Å². The number of hydrogen-bond donors (Lipinski definition) is 2. The SMILES string of the molecule is COc1cc(/C=N\NC(=O)c2ccc(-c3csc(Nc4ccccc4)n3)cc2)cc(Br)c1OCc1ccc(Cl)cc1. The van der Waals surface area contributed by atoms with E-state index in [1.165, 1.54) is 11.3 Å². The highest BCUT2D eigenvalue weighted by molar-refractivity contribution is 9.10. The van der Waals surface area contributed by atoms with Crippen molar-refractivity contribution < 1.29 is 14.3 Å². The first kappa shape index (κ1) is 28.4. The number of aromatic nitrogens is 1. The third-order valence-corrected chi connectivity index (χ3v) is 7.50. The van der Waals surface area contributed by atoms with Gasteiger partial charge in [-0.25, -0.2) is 10.4 Å². The summed E-state index contributed by atoms with van der Waals surface area (Å²) < 4.78 is 12.2. The number of carbonyl (C=O) groups excluding carboxylic acids is 1. The molecule has 4 aromatic carbocycles. The Bertz CT molecular complexity index is 1660. The first-order valence-electron chi connectivity index (χ1n) is 12.4. The molecule has 41 heavy (non-hydrogen) atoms. The number of nitrogens with zero attached hydrogens (tertiary/aromatic N) is 2. The van der Waals surface area contributed by atoms with E-state index in [9.17, 15) is 4.79 Å². The van der Waals surface area contributed by atoms with Gasteiger partial charge in [-0.3, -0.25) is 4.79 Å². The number of rotatable bonds is 10. The Morgan fingerprint density at radius 3 is 2.54 bits per heavy atom. The van der Waals surface area contributed by atoms with E-state index >= 15 is 0 Å². The fraction of sp³-hybridized carbons (Fsp3) is 0.0645. The molecule has 0 spiro atoms. The van der Waals surface area contributed by atoms with Crippen LogP contribution in [-0.4, -0.2) is 24.2 Å². The number of thiazole rings is 1. The molecule has 5 aromatic rings. The average molecular weight is 648 g/mol. The lowest BCUT2D eigenvalue weighted by Gasteiger charge is -2.13. The van der Waals surface area contributed by atoms with Gasteiger partial charge in [-0.2, -0.15) is 5.10 Å². The largest absolute Gasteiger partial charge is 0.493 e. The summed E-state index contributed by atoms with van der Waals surface area (Å²) in [7, 11) is 1.56. The average Bonchev–Trinajstić information content (AvgIpc) is 3.46. The van der Waals surface area contributed by atoms with Crippen LogP contribution in [-0.2, 0) is 6.61 Å². The van der Waals surface area contributed by atoms with Crippen molar-refractivity contribution in [1.82, 2.24) is 10.4 Å². The van der Waals surface area contributed by atoms with Crippen molar-refractivity contribution in [1.29, 1.82) is 0 Å². The Kier molecular flexibility index (Phi) is 9.30. The molecule has 0 aliphatic heterocycles. The van der Waals surface area contributed by atoms with Crippen molar-refractivity contribution in [2.75, 3.05) is 12.4 Å². The molecule has 0 aliphatic carbocycles. The molecule has 0 unspecified atom stereocenters. The van der Waals surface area contributed by atoms with Gasteiger partial charge < -0.3 is 14.8 Å². The summed E-state index contributed by atoms with van der Waals surface area (Å²) in [6.45, 7) is 0.350. The van der Waals surface area contributed by atoms with Gasteiger partial charge in [0.1, 0.15) is 6.61 Å². The zero-order valence-electron chi connectivity index (χ0n) is 21.8. The Hall–Kier alpha value is -4.18. The zero-order valence-corrected chi connectivity index (χ0v) is 25.0. The third-order valence-electron chi connectivity index (χ3n) is 5.90. The first-order valence-corrected chi connectivity index (χ1v) is 14.5. The van der Waals surface area contributed by atoms with Crippen molar-refractivity contribution in [2.45, 2.75) is 6.61 Å². The van der Waals surface area contributed by atoms with Crippen LogP contribution in [0.25, 0.3) is 11.3 Å². The number of halogens is 2. The van der Waals surface area contributed by atoms with Gasteiger partial charge in [0.2, 0.25) is 0 Å². The number of hydrogen-bond acceptors (Lipinski definition) is 7. The highest BCUT2D eigenvalue weighted by Gasteiger charge is 2.12. The van der Waals surface area contributed by atoms with Gasteiger partial charge in [0, 0.05) is 27.2 Å². The second-order valence-electron chi connectivity index (χ2n) is 8.75. The molecule has 206 valence electrons. The van der Waals surface area contributed by atoms with Crippen LogP contribution in [0.15, 0.2) is 106 Å². The van der Waals surface area contributed by atoms with E-state index in [4.69, 9.17) is 21.1 Å². The van der Waals surface area contributed by atoms with Gasteiger partial charge in [0.25, 0.3) is 5.91 Å². The van der Waals surface area contributed by atoms with Crippen molar-refractivity contribution in [2.24, 2.45) is 5.10 Å². The summed E-state index contributed by atoms with van der Waals surface area (Å²) in [5.74, 6) is 0.763. The number of anilines is 2. The maximum atomic E-state index is 12.7. The van der Waals surface area contributed by atoms with Crippen LogP contribution >= 0.6 is 38.9 Å². The number of carbonyl (C=O) groups is 1. The topological polar surface area (TPSA) is 84.8 Å². The second-order valence-corrected chi connectivity index (χ2v) is 10.9. The lowest BCUT2D eigenvalue weighted by atomic mass is 10.1. The predicted molar refractivity (Wildman–Crippen MR) is 169 cm³/mol. The number of hydrazone groups is 1. The molecule has 2 N–H and O–H groups in total. The molecule has 5 rings (SSSR count). The molecule has 1 aromatic heterocycles. The molecule has 7 nitrogen and oxygen atoms in total. The highest BCUT2D eigenvalue weighted by atomic mass is 79.9. The molecule has 0 atom stereocenters. The molecule has 0 fully saturated rings. The molecule has 0 saturated carbocycles. The molecule has 1 amide bonds. The van der Waals surface area contributed by atoms with Gasteiger partial charge >= 0.3 is 0 Å². The maximum absolute atomic E-state index is 12.7. The number of para-hydroxylation sites is 1. The summed E-state index contributed by atoms with van der Waals surface area (Å²) in [5.41, 5.74) is 7.46. The molecule has 0 aliphatic rings. The highest BCUT2D eigenvalue weighted by Crippen LogP contribution is 2.37. The van der Waals surface area contributed by atoms with E-state index in [1.54, 1.807) is 31.5 Å². The summed E-state index contributed by atoms with van der Waals surface area (Å²) in [4.78, 5) is 17.3. The van der Waals surface area contributed by atoms with Crippen LogP contribution in [0.3, 0.4) is 0 Å². The molecule has 0 radical (unpaired) electrons. The standard InChI is InChI=1S/C31H24BrClN4O3S/c1-39-28-16-21(15-26(32)29(28)40-18-20-7-13-24(33)14-8-20)17-34-37-30(38)23-11-9-22(10-12-23)27-19-41-31(36-27)35-25-5-3-2-4-6-25/h2-17,19H,18H2,1H3,(H,35,36)(H,37,38)/b34-17-. The quantitative estimate of drug-likeness (QED) is 0.118. The van der Waals surface area contributed by atoms with E-state index in [1.807, 2.05) is 78.2 Å². The van der Waals surface area contributed by atoms with E-state index in [0.717, 1.165) is 27.6 Å². The summed E-state index contributed by atoms with van der Waals surface area (Å²) >= 11 is 11.0. The minimum atomic E-state index is -0.327. The van der Waals surface area contributed by atoms with Crippen LogP contribution in [0.4, 0.5) is 10.8 Å². The van der Waals surface area contributed by atoms with Crippen molar-refractivity contribution in [3.05, 3.63) is 123 Å². The smallest absolute Gasteiger partial charge is 0.271 e. The van der Waals surface area contributed by atoms with Crippen molar-refractivity contribution >= 4 is 61.8 Å². The normalized spacial score (nSPS) is 10.9. The molecule has 1 heterocycles. The number of benzene rings is 4. The maximum Gasteiger partial charge on any atom is 0.271 e. The van der Waals surface area contributed by atoms with Crippen LogP contribution in [0.2, 0.25) is 5.02 Å². The second kappa shape index (κ2) is 13.5. The summed E-state index contributed by atoms with van der Waals surface area (Å²) in [6.07, 6.45) is 1.54.